The Morgan fingerprint density at radius 2 is 2.30 bits per heavy atom. The molecule has 4 heteroatoms. The third-order valence-electron chi connectivity index (χ3n) is 4.23. The van der Waals surface area contributed by atoms with Crippen LogP contribution in [-0.4, -0.2) is 22.3 Å². The van der Waals surface area contributed by atoms with Gasteiger partial charge < -0.3 is 15.0 Å². The van der Waals surface area contributed by atoms with Crippen LogP contribution in [0.5, 0.6) is 0 Å². The molecule has 4 nitrogen and oxygen atoms in total. The molecule has 0 radical (unpaired) electrons. The molecule has 1 aromatic heterocycles. The molecule has 20 heavy (non-hydrogen) atoms. The molecule has 2 heterocycles. The van der Waals surface area contributed by atoms with E-state index in [4.69, 9.17) is 15.5 Å². The summed E-state index contributed by atoms with van der Waals surface area (Å²) in [6.45, 7) is 6.78. The molecule has 0 spiro atoms. The number of rotatable bonds is 4. The van der Waals surface area contributed by atoms with Gasteiger partial charge in [0.1, 0.15) is 5.82 Å². The van der Waals surface area contributed by atoms with Crippen LogP contribution in [0, 0.1) is 0 Å². The van der Waals surface area contributed by atoms with Gasteiger partial charge in [-0.05, 0) is 37.5 Å². The van der Waals surface area contributed by atoms with Crippen molar-refractivity contribution in [3.8, 4) is 0 Å². The first-order chi connectivity index (χ1) is 9.74. The van der Waals surface area contributed by atoms with E-state index in [0.717, 1.165) is 37.1 Å². The lowest BCUT2D eigenvalue weighted by atomic mass is 10.0. The third kappa shape index (κ3) is 2.23. The molecule has 0 bridgehead atoms. The highest BCUT2D eigenvalue weighted by atomic mass is 16.5. The van der Waals surface area contributed by atoms with Gasteiger partial charge in [-0.15, -0.1) is 0 Å². The predicted octanol–water partition coefficient (Wildman–Crippen LogP) is 2.80. The van der Waals surface area contributed by atoms with E-state index in [0.29, 0.717) is 12.5 Å². The van der Waals surface area contributed by atoms with Gasteiger partial charge in [-0.25, -0.2) is 4.98 Å². The number of ether oxygens (including phenoxy) is 1. The lowest BCUT2D eigenvalue weighted by molar-refractivity contribution is 0.117. The fourth-order valence-electron chi connectivity index (χ4n) is 3.13. The molecule has 1 aromatic carbocycles. The van der Waals surface area contributed by atoms with Crippen molar-refractivity contribution in [2.45, 2.75) is 51.8 Å². The quantitative estimate of drug-likeness (QED) is 0.932. The molecule has 2 atom stereocenters. The van der Waals surface area contributed by atoms with E-state index < -0.39 is 0 Å². The Labute approximate surface area is 119 Å². The SMILES string of the molecule is CCCn1c(C2CCOC2C)nc2cc(CN)ccc21. The van der Waals surface area contributed by atoms with Crippen LogP contribution in [-0.2, 0) is 17.8 Å². The second kappa shape index (κ2) is 5.54. The standard InChI is InChI=1S/C16H23N3O/c1-3-7-19-15-5-4-12(10-17)9-14(15)18-16(19)13-6-8-20-11(13)2/h4-5,9,11,13H,3,6-8,10,17H2,1-2H3. The summed E-state index contributed by atoms with van der Waals surface area (Å²) in [5.41, 5.74) is 9.16. The van der Waals surface area contributed by atoms with Gasteiger partial charge in [-0.2, -0.15) is 0 Å². The summed E-state index contributed by atoms with van der Waals surface area (Å²) < 4.78 is 8.09. The van der Waals surface area contributed by atoms with Gasteiger partial charge in [-0.1, -0.05) is 13.0 Å². The normalized spacial score (nSPS) is 22.8. The van der Waals surface area contributed by atoms with Crippen molar-refractivity contribution < 1.29 is 4.74 Å². The average molecular weight is 273 g/mol. The average Bonchev–Trinajstić information content (AvgIpc) is 3.02. The van der Waals surface area contributed by atoms with E-state index >= 15 is 0 Å². The number of aromatic nitrogens is 2. The smallest absolute Gasteiger partial charge is 0.115 e. The number of hydrogen-bond donors (Lipinski definition) is 1. The van der Waals surface area contributed by atoms with Crippen LogP contribution in [0.1, 0.15) is 44.0 Å². The van der Waals surface area contributed by atoms with Crippen molar-refractivity contribution in [1.29, 1.82) is 0 Å². The summed E-state index contributed by atoms with van der Waals surface area (Å²) in [7, 11) is 0. The summed E-state index contributed by atoms with van der Waals surface area (Å²) >= 11 is 0. The Kier molecular flexibility index (Phi) is 3.76. The highest BCUT2D eigenvalue weighted by Crippen LogP contribution is 2.33. The molecular weight excluding hydrogens is 250 g/mol. The minimum atomic E-state index is 0.261. The van der Waals surface area contributed by atoms with Crippen molar-refractivity contribution in [1.82, 2.24) is 9.55 Å². The maximum atomic E-state index is 5.73. The molecule has 2 unspecified atom stereocenters. The monoisotopic (exact) mass is 273 g/mol. The number of hydrogen-bond acceptors (Lipinski definition) is 3. The van der Waals surface area contributed by atoms with Crippen molar-refractivity contribution in [3.63, 3.8) is 0 Å². The van der Waals surface area contributed by atoms with Crippen molar-refractivity contribution in [2.75, 3.05) is 6.61 Å². The van der Waals surface area contributed by atoms with E-state index in [1.54, 1.807) is 0 Å². The van der Waals surface area contributed by atoms with Crippen LogP contribution in [0.2, 0.25) is 0 Å². The van der Waals surface area contributed by atoms with E-state index in [9.17, 15) is 0 Å². The van der Waals surface area contributed by atoms with Crippen molar-refractivity contribution in [2.24, 2.45) is 5.73 Å². The van der Waals surface area contributed by atoms with Gasteiger partial charge in [0, 0.05) is 25.6 Å². The Morgan fingerprint density at radius 3 is 2.95 bits per heavy atom. The molecule has 2 N–H and O–H groups in total. The van der Waals surface area contributed by atoms with Crippen LogP contribution < -0.4 is 5.73 Å². The maximum Gasteiger partial charge on any atom is 0.115 e. The lowest BCUT2D eigenvalue weighted by Gasteiger charge is -2.16. The van der Waals surface area contributed by atoms with E-state index in [1.165, 1.54) is 11.3 Å². The van der Waals surface area contributed by atoms with E-state index in [1.807, 2.05) is 0 Å². The minimum Gasteiger partial charge on any atom is -0.378 e. The topological polar surface area (TPSA) is 53.1 Å². The largest absolute Gasteiger partial charge is 0.378 e. The Morgan fingerprint density at radius 1 is 1.45 bits per heavy atom. The first-order valence-corrected chi connectivity index (χ1v) is 7.55. The number of imidazole rings is 1. The number of benzene rings is 1. The van der Waals surface area contributed by atoms with Gasteiger partial charge in [0.05, 0.1) is 17.1 Å². The fraction of sp³-hybridized carbons (Fsp3) is 0.562. The van der Waals surface area contributed by atoms with Crippen LogP contribution >= 0.6 is 0 Å². The first kappa shape index (κ1) is 13.6. The first-order valence-electron chi connectivity index (χ1n) is 7.55. The number of aryl methyl sites for hydroxylation is 1. The number of nitrogens with two attached hydrogens (primary N) is 1. The summed E-state index contributed by atoms with van der Waals surface area (Å²) in [4.78, 5) is 4.90. The summed E-state index contributed by atoms with van der Waals surface area (Å²) in [5.74, 6) is 1.59. The van der Waals surface area contributed by atoms with Gasteiger partial charge in [0.15, 0.2) is 0 Å². The number of nitrogens with zero attached hydrogens (tertiary/aromatic N) is 2. The summed E-state index contributed by atoms with van der Waals surface area (Å²) in [5, 5.41) is 0. The molecule has 0 aliphatic carbocycles. The molecular formula is C16H23N3O. The van der Waals surface area contributed by atoms with E-state index in [2.05, 4.69) is 36.6 Å². The zero-order valence-corrected chi connectivity index (χ0v) is 12.3. The molecule has 3 rings (SSSR count). The summed E-state index contributed by atoms with van der Waals surface area (Å²) in [6, 6.07) is 6.38. The Balaban J connectivity index is 2.11. The Hall–Kier alpha value is -1.39. The molecule has 108 valence electrons. The molecule has 2 aromatic rings. The maximum absolute atomic E-state index is 5.73. The van der Waals surface area contributed by atoms with Crippen LogP contribution in [0.25, 0.3) is 11.0 Å². The summed E-state index contributed by atoms with van der Waals surface area (Å²) in [6.07, 6.45) is 2.44. The lowest BCUT2D eigenvalue weighted by Crippen LogP contribution is -2.15. The van der Waals surface area contributed by atoms with Gasteiger partial charge in [0.25, 0.3) is 0 Å². The predicted molar refractivity (Wildman–Crippen MR) is 80.7 cm³/mol. The highest BCUT2D eigenvalue weighted by Gasteiger charge is 2.30. The van der Waals surface area contributed by atoms with Gasteiger partial charge in [-0.3, -0.25) is 0 Å². The highest BCUT2D eigenvalue weighted by molar-refractivity contribution is 5.77. The van der Waals surface area contributed by atoms with Crippen LogP contribution in [0.15, 0.2) is 18.2 Å². The molecule has 0 saturated carbocycles. The fourth-order valence-corrected chi connectivity index (χ4v) is 3.13. The zero-order chi connectivity index (χ0) is 14.1. The zero-order valence-electron chi connectivity index (χ0n) is 12.3. The minimum absolute atomic E-state index is 0.261. The molecule has 1 aliphatic heterocycles. The third-order valence-corrected chi connectivity index (χ3v) is 4.23. The van der Waals surface area contributed by atoms with Gasteiger partial charge in [0.2, 0.25) is 0 Å². The molecule has 0 amide bonds. The van der Waals surface area contributed by atoms with Crippen LogP contribution in [0.3, 0.4) is 0 Å². The molecule has 1 aliphatic rings. The van der Waals surface area contributed by atoms with Crippen LogP contribution in [0.4, 0.5) is 0 Å². The molecule has 1 fully saturated rings. The molecule has 1 saturated heterocycles. The van der Waals surface area contributed by atoms with E-state index in [-0.39, 0.29) is 6.10 Å². The number of fused-ring (bicyclic) bond motifs is 1. The van der Waals surface area contributed by atoms with Gasteiger partial charge >= 0.3 is 0 Å². The van der Waals surface area contributed by atoms with Crippen molar-refractivity contribution >= 4 is 11.0 Å². The second-order valence-corrected chi connectivity index (χ2v) is 5.62. The Bertz CT molecular complexity index is 605. The second-order valence-electron chi connectivity index (χ2n) is 5.62. The van der Waals surface area contributed by atoms with Crippen molar-refractivity contribution in [3.05, 3.63) is 29.6 Å².